The maximum absolute atomic E-state index is 13.0. The predicted octanol–water partition coefficient (Wildman–Crippen LogP) is 2.52. The van der Waals surface area contributed by atoms with Gasteiger partial charge in [0.2, 0.25) is 5.95 Å². The van der Waals surface area contributed by atoms with Crippen molar-refractivity contribution in [2.24, 2.45) is 0 Å². The molecule has 1 aromatic heterocycles. The minimum atomic E-state index is -0.361. The molecule has 0 spiro atoms. The molecule has 1 aromatic rings. The van der Waals surface area contributed by atoms with E-state index < -0.39 is 0 Å². The zero-order valence-corrected chi connectivity index (χ0v) is 7.06. The van der Waals surface area contributed by atoms with Crippen molar-refractivity contribution in [3.63, 3.8) is 0 Å². The van der Waals surface area contributed by atoms with Crippen LogP contribution in [0, 0.1) is 5.95 Å². The van der Waals surface area contributed by atoms with E-state index in [9.17, 15) is 4.39 Å². The van der Waals surface area contributed by atoms with E-state index >= 15 is 0 Å². The van der Waals surface area contributed by atoms with E-state index in [1.165, 1.54) is 6.20 Å². The molecule has 0 N–H and O–H groups in total. The van der Waals surface area contributed by atoms with Crippen LogP contribution in [-0.2, 0) is 5.41 Å². The van der Waals surface area contributed by atoms with Crippen LogP contribution in [0.15, 0.2) is 18.3 Å². The molecule has 0 aliphatic rings. The lowest BCUT2D eigenvalue weighted by atomic mass is 9.88. The molecule has 0 atom stereocenters. The van der Waals surface area contributed by atoms with Crippen LogP contribution in [0.25, 0.3) is 0 Å². The van der Waals surface area contributed by atoms with Crippen molar-refractivity contribution in [2.75, 3.05) is 0 Å². The summed E-state index contributed by atoms with van der Waals surface area (Å²) in [6.07, 6.45) is 1.46. The molecule has 0 bridgehead atoms. The molecule has 0 saturated carbocycles. The predicted molar refractivity (Wildman–Crippen MR) is 42.9 cm³/mol. The first-order chi connectivity index (χ1) is 5.02. The molecule has 60 valence electrons. The standard InChI is InChI=1S/C9H12FN/c1-9(2,3)7-5-4-6-11-8(7)10/h4-6H,1-3H3. The van der Waals surface area contributed by atoms with Crippen LogP contribution in [0.1, 0.15) is 26.3 Å². The van der Waals surface area contributed by atoms with Crippen molar-refractivity contribution in [1.82, 2.24) is 4.98 Å². The number of nitrogens with zero attached hydrogens (tertiary/aromatic N) is 1. The maximum atomic E-state index is 13.0. The minimum absolute atomic E-state index is 0.154. The van der Waals surface area contributed by atoms with E-state index in [0.29, 0.717) is 5.56 Å². The van der Waals surface area contributed by atoms with Gasteiger partial charge in [0.25, 0.3) is 0 Å². The Labute approximate surface area is 66.3 Å². The molecule has 1 rings (SSSR count). The van der Waals surface area contributed by atoms with Crippen LogP contribution in [0.5, 0.6) is 0 Å². The summed E-state index contributed by atoms with van der Waals surface area (Å²) in [5.74, 6) is -0.361. The highest BCUT2D eigenvalue weighted by atomic mass is 19.1. The maximum Gasteiger partial charge on any atom is 0.216 e. The highest BCUT2D eigenvalue weighted by Crippen LogP contribution is 2.22. The van der Waals surface area contributed by atoms with Crippen molar-refractivity contribution >= 4 is 0 Å². The Hall–Kier alpha value is -0.920. The van der Waals surface area contributed by atoms with Crippen LogP contribution >= 0.6 is 0 Å². The number of rotatable bonds is 0. The van der Waals surface area contributed by atoms with Gasteiger partial charge in [-0.1, -0.05) is 26.8 Å². The Morgan fingerprint density at radius 1 is 1.36 bits per heavy atom. The van der Waals surface area contributed by atoms with Crippen LogP contribution in [0.3, 0.4) is 0 Å². The number of hydrogen-bond acceptors (Lipinski definition) is 1. The van der Waals surface area contributed by atoms with Gasteiger partial charge in [0.1, 0.15) is 0 Å². The first-order valence-electron chi connectivity index (χ1n) is 3.63. The van der Waals surface area contributed by atoms with Crippen LogP contribution in [-0.4, -0.2) is 4.98 Å². The summed E-state index contributed by atoms with van der Waals surface area (Å²) in [4.78, 5) is 3.58. The van der Waals surface area contributed by atoms with E-state index in [0.717, 1.165) is 0 Å². The van der Waals surface area contributed by atoms with E-state index in [-0.39, 0.29) is 11.4 Å². The highest BCUT2D eigenvalue weighted by Gasteiger charge is 2.17. The first-order valence-corrected chi connectivity index (χ1v) is 3.63. The molecule has 0 amide bonds. The molecule has 0 aliphatic heterocycles. The van der Waals surface area contributed by atoms with E-state index in [4.69, 9.17) is 0 Å². The lowest BCUT2D eigenvalue weighted by Gasteiger charge is -2.18. The van der Waals surface area contributed by atoms with Gasteiger partial charge >= 0.3 is 0 Å². The van der Waals surface area contributed by atoms with Gasteiger partial charge in [-0.2, -0.15) is 4.39 Å². The zero-order valence-electron chi connectivity index (χ0n) is 7.06. The normalized spacial score (nSPS) is 11.6. The smallest absolute Gasteiger partial charge is 0.216 e. The van der Waals surface area contributed by atoms with Gasteiger partial charge in [0, 0.05) is 11.8 Å². The third-order valence-electron chi connectivity index (χ3n) is 1.57. The average Bonchev–Trinajstić information content (AvgIpc) is 1.86. The van der Waals surface area contributed by atoms with E-state index in [1.807, 2.05) is 20.8 Å². The van der Waals surface area contributed by atoms with Crippen molar-refractivity contribution in [1.29, 1.82) is 0 Å². The largest absolute Gasteiger partial charge is 0.228 e. The Morgan fingerprint density at radius 3 is 2.36 bits per heavy atom. The second-order valence-corrected chi connectivity index (χ2v) is 3.59. The number of aromatic nitrogens is 1. The number of halogens is 1. The third kappa shape index (κ3) is 1.76. The van der Waals surface area contributed by atoms with Crippen LogP contribution in [0.4, 0.5) is 4.39 Å². The summed E-state index contributed by atoms with van der Waals surface area (Å²) in [5, 5.41) is 0. The van der Waals surface area contributed by atoms with Gasteiger partial charge in [0.15, 0.2) is 0 Å². The van der Waals surface area contributed by atoms with Crippen molar-refractivity contribution in [3.8, 4) is 0 Å². The minimum Gasteiger partial charge on any atom is -0.228 e. The molecule has 0 aliphatic carbocycles. The van der Waals surface area contributed by atoms with Crippen LogP contribution < -0.4 is 0 Å². The van der Waals surface area contributed by atoms with Crippen LogP contribution in [0.2, 0.25) is 0 Å². The Morgan fingerprint density at radius 2 is 2.00 bits per heavy atom. The first kappa shape index (κ1) is 8.18. The fourth-order valence-electron chi connectivity index (χ4n) is 0.945. The topological polar surface area (TPSA) is 12.9 Å². The Bertz CT molecular complexity index is 250. The lowest BCUT2D eigenvalue weighted by molar-refractivity contribution is 0.499. The second kappa shape index (κ2) is 2.61. The fourth-order valence-corrected chi connectivity index (χ4v) is 0.945. The summed E-state index contributed by atoms with van der Waals surface area (Å²) in [7, 11) is 0. The second-order valence-electron chi connectivity index (χ2n) is 3.59. The monoisotopic (exact) mass is 153 g/mol. The highest BCUT2D eigenvalue weighted by molar-refractivity contribution is 5.19. The summed E-state index contributed by atoms with van der Waals surface area (Å²) >= 11 is 0. The van der Waals surface area contributed by atoms with Gasteiger partial charge in [-0.15, -0.1) is 0 Å². The number of hydrogen-bond donors (Lipinski definition) is 0. The van der Waals surface area contributed by atoms with E-state index in [2.05, 4.69) is 4.98 Å². The molecule has 0 saturated heterocycles. The summed E-state index contributed by atoms with van der Waals surface area (Å²) in [6, 6.07) is 3.52. The van der Waals surface area contributed by atoms with Crippen molar-refractivity contribution in [2.45, 2.75) is 26.2 Å². The van der Waals surface area contributed by atoms with Gasteiger partial charge < -0.3 is 0 Å². The molecule has 0 aromatic carbocycles. The summed E-state index contributed by atoms with van der Waals surface area (Å²) < 4.78 is 13.0. The molecule has 0 radical (unpaired) electrons. The number of pyridine rings is 1. The van der Waals surface area contributed by atoms with Gasteiger partial charge in [-0.05, 0) is 11.5 Å². The Kier molecular flexibility index (Phi) is 1.94. The zero-order chi connectivity index (χ0) is 8.48. The van der Waals surface area contributed by atoms with Gasteiger partial charge in [-0.3, -0.25) is 0 Å². The van der Waals surface area contributed by atoms with Gasteiger partial charge in [-0.25, -0.2) is 4.98 Å². The fraction of sp³-hybridized carbons (Fsp3) is 0.444. The SMILES string of the molecule is CC(C)(C)c1cccnc1F. The Balaban J connectivity index is 3.14. The quantitative estimate of drug-likeness (QED) is 0.522. The molecule has 0 fully saturated rings. The van der Waals surface area contributed by atoms with Crippen molar-refractivity contribution in [3.05, 3.63) is 29.8 Å². The summed E-state index contributed by atoms with van der Waals surface area (Å²) in [6.45, 7) is 5.90. The molecular formula is C9H12FN. The van der Waals surface area contributed by atoms with E-state index in [1.54, 1.807) is 12.1 Å². The molecular weight excluding hydrogens is 141 g/mol. The third-order valence-corrected chi connectivity index (χ3v) is 1.57. The average molecular weight is 153 g/mol. The molecule has 2 heteroatoms. The molecule has 1 nitrogen and oxygen atoms in total. The van der Waals surface area contributed by atoms with Crippen molar-refractivity contribution < 1.29 is 4.39 Å². The molecule has 0 unspecified atom stereocenters. The summed E-state index contributed by atoms with van der Waals surface area (Å²) in [5.41, 5.74) is 0.512. The van der Waals surface area contributed by atoms with Gasteiger partial charge in [0.05, 0.1) is 0 Å². The lowest BCUT2D eigenvalue weighted by Crippen LogP contribution is -2.14. The molecule has 1 heterocycles. The molecule has 11 heavy (non-hydrogen) atoms.